The molecule has 0 aromatic carbocycles. The van der Waals surface area contributed by atoms with Crippen LogP contribution in [0.1, 0.15) is 12.1 Å². The van der Waals surface area contributed by atoms with Crippen molar-refractivity contribution in [2.45, 2.75) is 6.43 Å². The molecule has 0 aliphatic heterocycles. The predicted octanol–water partition coefficient (Wildman–Crippen LogP) is 2.32. The van der Waals surface area contributed by atoms with Gasteiger partial charge in [0.1, 0.15) is 10.3 Å². The second-order valence-corrected chi connectivity index (χ2v) is 2.85. The predicted molar refractivity (Wildman–Crippen MR) is 46.2 cm³/mol. The monoisotopic (exact) mass is 209 g/mol. The van der Waals surface area contributed by atoms with Crippen LogP contribution in [0.5, 0.6) is 0 Å². The molecule has 0 aliphatic carbocycles. The molecule has 0 aliphatic rings. The number of hydrogen-bond acceptors (Lipinski definition) is 3. The van der Waals surface area contributed by atoms with Crippen molar-refractivity contribution in [3.63, 3.8) is 0 Å². The molecule has 12 heavy (non-hydrogen) atoms. The van der Waals surface area contributed by atoms with Gasteiger partial charge in [0, 0.05) is 0 Å². The van der Waals surface area contributed by atoms with E-state index in [0.29, 0.717) is 0 Å². The SMILES string of the molecule is Nc1c(C(F)F)[nH]c(=S)[nH]c1=S. The summed E-state index contributed by atoms with van der Waals surface area (Å²) >= 11 is 9.25. The van der Waals surface area contributed by atoms with Gasteiger partial charge >= 0.3 is 0 Å². The normalized spacial score (nSPS) is 10.6. The summed E-state index contributed by atoms with van der Waals surface area (Å²) < 4.78 is 24.4. The molecule has 1 aromatic rings. The van der Waals surface area contributed by atoms with Gasteiger partial charge in [-0.2, -0.15) is 0 Å². The Morgan fingerprint density at radius 3 is 2.33 bits per heavy atom. The Bertz CT molecular complexity index is 394. The summed E-state index contributed by atoms with van der Waals surface area (Å²) in [6.07, 6.45) is -2.69. The number of nitrogen functional groups attached to an aromatic ring is 1. The standard InChI is InChI=1S/C5H5F2N3S2/c6-3(7)2-1(8)4(11)10-5(12)9-2/h3H,8H2,(H2,9,10,11,12). The number of H-pyrrole nitrogens is 2. The van der Waals surface area contributed by atoms with Gasteiger partial charge in [0.25, 0.3) is 6.43 Å². The lowest BCUT2D eigenvalue weighted by Gasteiger charge is -2.03. The minimum Gasteiger partial charge on any atom is -0.395 e. The summed E-state index contributed by atoms with van der Waals surface area (Å²) in [6, 6.07) is 0. The van der Waals surface area contributed by atoms with Gasteiger partial charge in [-0.1, -0.05) is 12.2 Å². The van der Waals surface area contributed by atoms with Gasteiger partial charge in [0.15, 0.2) is 4.77 Å². The molecule has 0 radical (unpaired) electrons. The lowest BCUT2D eigenvalue weighted by molar-refractivity contribution is 0.146. The summed E-state index contributed by atoms with van der Waals surface area (Å²) in [4.78, 5) is 4.68. The van der Waals surface area contributed by atoms with Gasteiger partial charge in [-0.15, -0.1) is 0 Å². The number of rotatable bonds is 1. The van der Waals surface area contributed by atoms with E-state index in [2.05, 4.69) is 34.4 Å². The Morgan fingerprint density at radius 2 is 1.83 bits per heavy atom. The van der Waals surface area contributed by atoms with Crippen molar-refractivity contribution >= 4 is 30.1 Å². The zero-order valence-corrected chi connectivity index (χ0v) is 7.36. The van der Waals surface area contributed by atoms with E-state index in [1.807, 2.05) is 0 Å². The van der Waals surface area contributed by atoms with Crippen LogP contribution in [0.3, 0.4) is 0 Å². The largest absolute Gasteiger partial charge is 0.395 e. The number of nitrogens with two attached hydrogens (primary N) is 1. The molecule has 0 fully saturated rings. The van der Waals surface area contributed by atoms with Gasteiger partial charge in [0.05, 0.1) is 5.69 Å². The highest BCUT2D eigenvalue weighted by Crippen LogP contribution is 2.21. The van der Waals surface area contributed by atoms with Crippen LogP contribution < -0.4 is 5.73 Å². The van der Waals surface area contributed by atoms with Crippen LogP contribution in [-0.2, 0) is 0 Å². The van der Waals surface area contributed by atoms with Crippen LogP contribution in [0, 0.1) is 9.41 Å². The number of aromatic nitrogens is 2. The molecule has 0 saturated carbocycles. The van der Waals surface area contributed by atoms with Crippen LogP contribution >= 0.6 is 24.4 Å². The van der Waals surface area contributed by atoms with Gasteiger partial charge in [-0.25, -0.2) is 8.78 Å². The topological polar surface area (TPSA) is 57.6 Å². The fraction of sp³-hybridized carbons (Fsp3) is 0.200. The first-order valence-electron chi connectivity index (χ1n) is 2.92. The number of nitrogens with one attached hydrogen (secondary N) is 2. The molecule has 0 atom stereocenters. The number of alkyl halides is 2. The fourth-order valence-electron chi connectivity index (χ4n) is 0.686. The van der Waals surface area contributed by atoms with Crippen LogP contribution in [-0.4, -0.2) is 9.97 Å². The Morgan fingerprint density at radius 1 is 1.25 bits per heavy atom. The van der Waals surface area contributed by atoms with Crippen molar-refractivity contribution < 1.29 is 8.78 Å². The highest BCUT2D eigenvalue weighted by molar-refractivity contribution is 7.72. The number of aromatic amines is 2. The molecule has 3 nitrogen and oxygen atoms in total. The van der Waals surface area contributed by atoms with E-state index in [4.69, 9.17) is 5.73 Å². The first-order valence-corrected chi connectivity index (χ1v) is 3.74. The van der Waals surface area contributed by atoms with E-state index in [-0.39, 0.29) is 15.1 Å². The van der Waals surface area contributed by atoms with E-state index in [9.17, 15) is 8.78 Å². The summed E-state index contributed by atoms with van der Waals surface area (Å²) in [5, 5.41) is 0. The summed E-state index contributed by atoms with van der Waals surface area (Å²) in [5.41, 5.74) is 4.67. The number of anilines is 1. The molecule has 0 bridgehead atoms. The van der Waals surface area contributed by atoms with Gasteiger partial charge in [0.2, 0.25) is 0 Å². The van der Waals surface area contributed by atoms with E-state index >= 15 is 0 Å². The number of hydrogen-bond donors (Lipinski definition) is 3. The lowest BCUT2D eigenvalue weighted by Crippen LogP contribution is -2.01. The Hall–Kier alpha value is -0.820. The third-order valence-electron chi connectivity index (χ3n) is 1.23. The average molecular weight is 209 g/mol. The lowest BCUT2D eigenvalue weighted by atomic mass is 10.4. The quantitative estimate of drug-likeness (QED) is 0.622. The van der Waals surface area contributed by atoms with Crippen LogP contribution in [0.25, 0.3) is 0 Å². The highest BCUT2D eigenvalue weighted by atomic mass is 32.1. The average Bonchev–Trinajstić information content (AvgIpc) is 1.96. The highest BCUT2D eigenvalue weighted by Gasteiger charge is 2.12. The molecule has 0 spiro atoms. The molecule has 1 heterocycles. The molecule has 0 saturated heterocycles. The first-order chi connectivity index (χ1) is 5.52. The smallest absolute Gasteiger partial charge is 0.280 e. The summed E-state index contributed by atoms with van der Waals surface area (Å²) in [5.74, 6) is 0. The molecule has 1 rings (SSSR count). The minimum atomic E-state index is -2.69. The van der Waals surface area contributed by atoms with Crippen molar-refractivity contribution in [1.82, 2.24) is 9.97 Å². The van der Waals surface area contributed by atoms with Crippen LogP contribution in [0.15, 0.2) is 0 Å². The van der Waals surface area contributed by atoms with Crippen LogP contribution in [0.2, 0.25) is 0 Å². The van der Waals surface area contributed by atoms with E-state index in [1.54, 1.807) is 0 Å². The number of halogens is 2. The fourth-order valence-corrected chi connectivity index (χ4v) is 1.17. The van der Waals surface area contributed by atoms with Gasteiger partial charge in [-0.05, 0) is 12.2 Å². The van der Waals surface area contributed by atoms with Crippen molar-refractivity contribution in [1.29, 1.82) is 0 Å². The van der Waals surface area contributed by atoms with E-state index < -0.39 is 12.1 Å². The molecule has 66 valence electrons. The second-order valence-electron chi connectivity index (χ2n) is 2.04. The summed E-state index contributed by atoms with van der Waals surface area (Å²) in [7, 11) is 0. The van der Waals surface area contributed by atoms with Crippen molar-refractivity contribution in [3.05, 3.63) is 15.1 Å². The van der Waals surface area contributed by atoms with Gasteiger partial charge in [-0.3, -0.25) is 0 Å². The minimum absolute atomic E-state index is 0.0362. The maximum atomic E-state index is 12.2. The van der Waals surface area contributed by atoms with Crippen molar-refractivity contribution in [2.24, 2.45) is 0 Å². The molecule has 0 amide bonds. The Balaban J connectivity index is 3.49. The molecular formula is C5H5F2N3S2. The zero-order chi connectivity index (χ0) is 9.30. The second kappa shape index (κ2) is 3.28. The Kier molecular flexibility index (Phi) is 2.53. The van der Waals surface area contributed by atoms with E-state index in [1.165, 1.54) is 0 Å². The third kappa shape index (κ3) is 1.67. The van der Waals surface area contributed by atoms with Crippen molar-refractivity contribution in [3.8, 4) is 0 Å². The molecule has 7 heteroatoms. The molecule has 4 N–H and O–H groups in total. The third-order valence-corrected chi connectivity index (χ3v) is 1.75. The van der Waals surface area contributed by atoms with Gasteiger partial charge < -0.3 is 15.7 Å². The molecule has 1 aromatic heterocycles. The van der Waals surface area contributed by atoms with Crippen LogP contribution in [0.4, 0.5) is 14.5 Å². The maximum absolute atomic E-state index is 12.2. The zero-order valence-electron chi connectivity index (χ0n) is 5.73. The Labute approximate surface area is 76.6 Å². The van der Waals surface area contributed by atoms with E-state index in [0.717, 1.165) is 0 Å². The maximum Gasteiger partial charge on any atom is 0.280 e. The first kappa shape index (κ1) is 9.27. The van der Waals surface area contributed by atoms with Crippen molar-refractivity contribution in [2.75, 3.05) is 5.73 Å². The summed E-state index contributed by atoms with van der Waals surface area (Å²) in [6.45, 7) is 0. The molecular weight excluding hydrogens is 204 g/mol. The molecule has 0 unspecified atom stereocenters.